The van der Waals surface area contributed by atoms with Crippen LogP contribution in [0, 0.1) is 22.7 Å². The second kappa shape index (κ2) is 7.14. The van der Waals surface area contributed by atoms with E-state index >= 15 is 0 Å². The second-order valence-electron chi connectivity index (χ2n) is 8.73. The van der Waals surface area contributed by atoms with Crippen molar-refractivity contribution in [2.75, 3.05) is 0 Å². The highest BCUT2D eigenvalue weighted by Gasteiger charge is 2.36. The molecule has 114 valence electrons. The SMILES string of the molecule is CCC(C)CC(C)(C)CCC(C)CCCC1(C)CC1. The summed E-state index contributed by atoms with van der Waals surface area (Å²) in [6.45, 7) is 14.6. The van der Waals surface area contributed by atoms with Gasteiger partial charge in [-0.3, -0.25) is 0 Å². The minimum absolute atomic E-state index is 0.548. The number of rotatable bonds is 10. The minimum Gasteiger partial charge on any atom is -0.0651 e. The number of hydrogen-bond acceptors (Lipinski definition) is 0. The van der Waals surface area contributed by atoms with Gasteiger partial charge < -0.3 is 0 Å². The van der Waals surface area contributed by atoms with E-state index in [2.05, 4.69) is 41.5 Å². The van der Waals surface area contributed by atoms with Gasteiger partial charge in [-0.1, -0.05) is 67.2 Å². The maximum Gasteiger partial charge on any atom is -0.0325 e. The fraction of sp³-hybridized carbons (Fsp3) is 1.00. The average molecular weight is 267 g/mol. The molecule has 1 fully saturated rings. The Balaban J connectivity index is 2.12. The van der Waals surface area contributed by atoms with Gasteiger partial charge >= 0.3 is 0 Å². The molecule has 0 heterocycles. The zero-order chi connectivity index (χ0) is 14.5. The molecule has 0 bridgehead atoms. The Morgan fingerprint density at radius 2 is 1.68 bits per heavy atom. The molecule has 1 aliphatic rings. The van der Waals surface area contributed by atoms with Crippen molar-refractivity contribution in [3.05, 3.63) is 0 Å². The van der Waals surface area contributed by atoms with E-state index in [4.69, 9.17) is 0 Å². The molecule has 0 aromatic heterocycles. The monoisotopic (exact) mass is 266 g/mol. The Hall–Kier alpha value is 0. The molecule has 0 N–H and O–H groups in total. The second-order valence-corrected chi connectivity index (χ2v) is 8.73. The highest BCUT2D eigenvalue weighted by atomic mass is 14.4. The van der Waals surface area contributed by atoms with Gasteiger partial charge in [0, 0.05) is 0 Å². The van der Waals surface area contributed by atoms with Crippen molar-refractivity contribution in [3.63, 3.8) is 0 Å². The lowest BCUT2D eigenvalue weighted by atomic mass is 9.77. The fourth-order valence-electron chi connectivity index (χ4n) is 3.31. The summed E-state index contributed by atoms with van der Waals surface area (Å²) in [4.78, 5) is 0. The predicted octanol–water partition coefficient (Wildman–Crippen LogP) is 6.84. The Kier molecular flexibility index (Phi) is 6.40. The molecule has 2 unspecified atom stereocenters. The molecule has 0 radical (unpaired) electrons. The standard InChI is InChI=1S/C19H38/c1-7-16(2)15-18(4,5)12-10-17(3)9-8-11-19(6)13-14-19/h16-17H,7-15H2,1-6H3. The van der Waals surface area contributed by atoms with E-state index in [0.717, 1.165) is 17.3 Å². The molecule has 1 aliphatic carbocycles. The van der Waals surface area contributed by atoms with E-state index in [0.29, 0.717) is 5.41 Å². The molecule has 0 aromatic rings. The molecule has 2 atom stereocenters. The van der Waals surface area contributed by atoms with Crippen LogP contribution in [0.3, 0.4) is 0 Å². The van der Waals surface area contributed by atoms with Gasteiger partial charge in [-0.25, -0.2) is 0 Å². The normalized spacial score (nSPS) is 21.2. The molecular formula is C19H38. The highest BCUT2D eigenvalue weighted by molar-refractivity contribution is 4.88. The van der Waals surface area contributed by atoms with Crippen molar-refractivity contribution in [1.82, 2.24) is 0 Å². The smallest absolute Gasteiger partial charge is 0.0325 e. The Labute approximate surface area is 122 Å². The molecule has 0 aromatic carbocycles. The van der Waals surface area contributed by atoms with Gasteiger partial charge in [0.15, 0.2) is 0 Å². The van der Waals surface area contributed by atoms with Crippen LogP contribution in [0.2, 0.25) is 0 Å². The summed E-state index contributed by atoms with van der Waals surface area (Å²) in [5.41, 5.74) is 1.31. The van der Waals surface area contributed by atoms with Gasteiger partial charge in [0.25, 0.3) is 0 Å². The topological polar surface area (TPSA) is 0 Å². The molecular weight excluding hydrogens is 228 g/mol. The molecule has 19 heavy (non-hydrogen) atoms. The lowest BCUT2D eigenvalue weighted by Gasteiger charge is -2.29. The van der Waals surface area contributed by atoms with Gasteiger partial charge in [-0.15, -0.1) is 0 Å². The number of hydrogen-bond donors (Lipinski definition) is 0. The van der Waals surface area contributed by atoms with E-state index in [9.17, 15) is 0 Å². The first-order valence-corrected chi connectivity index (χ1v) is 8.76. The van der Waals surface area contributed by atoms with Crippen LogP contribution < -0.4 is 0 Å². The van der Waals surface area contributed by atoms with Crippen LogP contribution in [-0.4, -0.2) is 0 Å². The third-order valence-corrected chi connectivity index (χ3v) is 5.49. The Morgan fingerprint density at radius 1 is 1.05 bits per heavy atom. The van der Waals surface area contributed by atoms with Gasteiger partial charge in [0.2, 0.25) is 0 Å². The summed E-state index contributed by atoms with van der Waals surface area (Å²) in [6, 6.07) is 0. The third kappa shape index (κ3) is 7.37. The quantitative estimate of drug-likeness (QED) is 0.406. The van der Waals surface area contributed by atoms with Crippen LogP contribution in [0.25, 0.3) is 0 Å². The summed E-state index contributed by atoms with van der Waals surface area (Å²) in [5, 5.41) is 0. The van der Waals surface area contributed by atoms with Crippen LogP contribution in [0.5, 0.6) is 0 Å². The van der Waals surface area contributed by atoms with Gasteiger partial charge in [-0.2, -0.15) is 0 Å². The molecule has 0 spiro atoms. The molecule has 1 rings (SSSR count). The van der Waals surface area contributed by atoms with Crippen molar-refractivity contribution < 1.29 is 0 Å². The lowest BCUT2D eigenvalue weighted by molar-refractivity contribution is 0.229. The van der Waals surface area contributed by atoms with E-state index in [1.807, 2.05) is 0 Å². The van der Waals surface area contributed by atoms with Gasteiger partial charge in [0.1, 0.15) is 0 Å². The summed E-state index contributed by atoms with van der Waals surface area (Å²) in [6.07, 6.45) is 12.9. The van der Waals surface area contributed by atoms with Crippen LogP contribution in [-0.2, 0) is 0 Å². The van der Waals surface area contributed by atoms with Crippen LogP contribution in [0.15, 0.2) is 0 Å². The maximum atomic E-state index is 2.47. The predicted molar refractivity (Wildman–Crippen MR) is 87.4 cm³/mol. The van der Waals surface area contributed by atoms with Crippen molar-refractivity contribution in [2.24, 2.45) is 22.7 Å². The first-order valence-electron chi connectivity index (χ1n) is 8.76. The van der Waals surface area contributed by atoms with Crippen molar-refractivity contribution in [3.8, 4) is 0 Å². The Bertz CT molecular complexity index is 247. The van der Waals surface area contributed by atoms with Crippen LogP contribution in [0.4, 0.5) is 0 Å². The zero-order valence-electron chi connectivity index (χ0n) is 14.5. The van der Waals surface area contributed by atoms with E-state index in [1.54, 1.807) is 0 Å². The molecule has 0 heteroatoms. The summed E-state index contributed by atoms with van der Waals surface area (Å²) >= 11 is 0. The lowest BCUT2D eigenvalue weighted by Crippen LogP contribution is -2.16. The van der Waals surface area contributed by atoms with Crippen molar-refractivity contribution >= 4 is 0 Å². The highest BCUT2D eigenvalue weighted by Crippen LogP contribution is 2.49. The minimum atomic E-state index is 0.548. The molecule has 0 nitrogen and oxygen atoms in total. The van der Waals surface area contributed by atoms with Crippen molar-refractivity contribution in [1.29, 1.82) is 0 Å². The van der Waals surface area contributed by atoms with Crippen molar-refractivity contribution in [2.45, 2.75) is 99.3 Å². The maximum absolute atomic E-state index is 2.47. The van der Waals surface area contributed by atoms with E-state index in [1.165, 1.54) is 57.8 Å². The first kappa shape index (κ1) is 17.1. The third-order valence-electron chi connectivity index (χ3n) is 5.49. The summed E-state index contributed by atoms with van der Waals surface area (Å²) in [5.74, 6) is 1.82. The van der Waals surface area contributed by atoms with E-state index < -0.39 is 0 Å². The van der Waals surface area contributed by atoms with Crippen LogP contribution >= 0.6 is 0 Å². The summed E-state index contributed by atoms with van der Waals surface area (Å²) in [7, 11) is 0. The van der Waals surface area contributed by atoms with Gasteiger partial charge in [0.05, 0.1) is 0 Å². The van der Waals surface area contributed by atoms with E-state index in [-0.39, 0.29) is 0 Å². The average Bonchev–Trinajstić information content (AvgIpc) is 3.04. The zero-order valence-corrected chi connectivity index (χ0v) is 14.5. The largest absolute Gasteiger partial charge is 0.0651 e. The van der Waals surface area contributed by atoms with Gasteiger partial charge in [-0.05, 0) is 54.8 Å². The molecule has 0 amide bonds. The molecule has 0 aliphatic heterocycles. The summed E-state index contributed by atoms with van der Waals surface area (Å²) < 4.78 is 0. The molecule has 1 saturated carbocycles. The fourth-order valence-corrected chi connectivity index (χ4v) is 3.31. The molecule has 0 saturated heterocycles. The first-order chi connectivity index (χ1) is 8.76. The van der Waals surface area contributed by atoms with Crippen LogP contribution in [0.1, 0.15) is 99.3 Å². The Morgan fingerprint density at radius 3 is 2.21 bits per heavy atom.